The minimum atomic E-state index is -5.84. The van der Waals surface area contributed by atoms with Gasteiger partial charge in [-0.3, -0.25) is 4.55 Å². The lowest BCUT2D eigenvalue weighted by Crippen LogP contribution is -3.00. The largest absolute Gasteiger partial charge is 1.00 e. The Balaban J connectivity index is 0. The van der Waals surface area contributed by atoms with Gasteiger partial charge in [0, 0.05) is 0 Å². The van der Waals surface area contributed by atoms with Gasteiger partial charge in [-0.2, -0.15) is 21.6 Å². The molecule has 0 fully saturated rings. The van der Waals surface area contributed by atoms with E-state index in [2.05, 4.69) is 0 Å². The van der Waals surface area contributed by atoms with Crippen molar-refractivity contribution in [2.75, 3.05) is 0 Å². The second kappa shape index (κ2) is 2.48. The highest BCUT2D eigenvalue weighted by atomic mass is 32.2. The second-order valence-corrected chi connectivity index (χ2v) is 2.33. The number of halogens is 4. The summed E-state index contributed by atoms with van der Waals surface area (Å²) in [6.07, 6.45) is 0. The molecule has 1 N–H and O–H groups in total. The van der Waals surface area contributed by atoms with Crippen molar-refractivity contribution in [1.82, 2.24) is 0 Å². The molecule has 0 saturated heterocycles. The third-order valence-corrected chi connectivity index (χ3v) is 0.877. The number of alkyl halides is 3. The molecule has 0 aromatic heterocycles. The minimum absolute atomic E-state index is 0. The Kier molecular flexibility index (Phi) is 3.15. The van der Waals surface area contributed by atoms with Crippen LogP contribution in [-0.4, -0.2) is 18.5 Å². The van der Waals surface area contributed by atoms with E-state index in [1.54, 1.807) is 0 Å². The molecule has 0 aliphatic rings. The van der Waals surface area contributed by atoms with E-state index < -0.39 is 15.6 Å². The molecule has 0 aromatic rings. The Bertz CT molecular complexity index is 165. The van der Waals surface area contributed by atoms with Gasteiger partial charge in [-0.05, 0) is 0 Å². The van der Waals surface area contributed by atoms with E-state index in [1.165, 1.54) is 0 Å². The molecule has 3 nitrogen and oxygen atoms in total. The Morgan fingerprint density at radius 3 is 1.33 bits per heavy atom. The van der Waals surface area contributed by atoms with Crippen LogP contribution >= 0.6 is 0 Å². The highest BCUT2D eigenvalue weighted by molar-refractivity contribution is 7.86. The van der Waals surface area contributed by atoms with Crippen LogP contribution in [0.5, 0.6) is 0 Å². The number of rotatable bonds is 0. The van der Waals surface area contributed by atoms with Crippen molar-refractivity contribution in [2.24, 2.45) is 0 Å². The first-order valence-electron chi connectivity index (χ1n) is 1.29. The summed E-state index contributed by atoms with van der Waals surface area (Å²) < 4.78 is 57.5. The van der Waals surface area contributed by atoms with Gasteiger partial charge in [0.05, 0.1) is 0 Å². The molecule has 0 aromatic carbocycles. The van der Waals surface area contributed by atoms with Crippen molar-refractivity contribution in [1.29, 1.82) is 0 Å². The SMILES string of the molecule is O=S(=O)(O)C(F)(F)F.[F-]. The fraction of sp³-hybridized carbons (Fsp3) is 1.00. The maximum atomic E-state index is 10.7. The molecule has 0 bridgehead atoms. The first-order chi connectivity index (χ1) is 3.25. The molecule has 0 unspecified atom stereocenters. The fourth-order valence-electron chi connectivity index (χ4n) is 0. The quantitative estimate of drug-likeness (QED) is 0.246. The lowest BCUT2D eigenvalue weighted by atomic mass is 11.6. The highest BCUT2D eigenvalue weighted by Gasteiger charge is 2.44. The Hall–Kier alpha value is -0.370. The van der Waals surface area contributed by atoms with Crippen LogP contribution in [0.15, 0.2) is 0 Å². The zero-order valence-electron chi connectivity index (χ0n) is 3.68. The van der Waals surface area contributed by atoms with Crippen molar-refractivity contribution in [3.05, 3.63) is 0 Å². The van der Waals surface area contributed by atoms with E-state index in [0.717, 1.165) is 0 Å². The maximum absolute atomic E-state index is 10.7. The topological polar surface area (TPSA) is 54.4 Å². The molecule has 0 spiro atoms. The fourth-order valence-corrected chi connectivity index (χ4v) is 0. The third-order valence-electron chi connectivity index (χ3n) is 0.292. The van der Waals surface area contributed by atoms with Gasteiger partial charge in [0.2, 0.25) is 0 Å². The molecule has 9 heavy (non-hydrogen) atoms. The summed E-state index contributed by atoms with van der Waals surface area (Å²) >= 11 is 0. The van der Waals surface area contributed by atoms with Crippen LogP contribution < -0.4 is 4.70 Å². The third kappa shape index (κ3) is 3.25. The van der Waals surface area contributed by atoms with E-state index in [1.807, 2.05) is 0 Å². The summed E-state index contributed by atoms with van der Waals surface area (Å²) in [7, 11) is -5.84. The average molecular weight is 169 g/mol. The molecule has 0 heterocycles. The maximum Gasteiger partial charge on any atom is 0.522 e. The Morgan fingerprint density at radius 1 is 1.22 bits per heavy atom. The van der Waals surface area contributed by atoms with Crippen molar-refractivity contribution in [3.8, 4) is 0 Å². The molecular weight excluding hydrogens is 168 g/mol. The molecule has 0 radical (unpaired) electrons. The van der Waals surface area contributed by atoms with Gasteiger partial charge < -0.3 is 4.70 Å². The smallest absolute Gasteiger partial charge is 0.522 e. The molecule has 0 amide bonds. The average Bonchev–Trinajstić information content (AvgIpc) is 1.25. The monoisotopic (exact) mass is 169 g/mol. The molecule has 0 atom stereocenters. The van der Waals surface area contributed by atoms with Crippen LogP contribution in [0.1, 0.15) is 0 Å². The predicted molar refractivity (Wildman–Crippen MR) is 17.6 cm³/mol. The number of hydrogen-bond donors (Lipinski definition) is 1. The van der Waals surface area contributed by atoms with Gasteiger partial charge in [0.15, 0.2) is 0 Å². The van der Waals surface area contributed by atoms with Crippen molar-refractivity contribution in [2.45, 2.75) is 5.51 Å². The van der Waals surface area contributed by atoms with Crippen LogP contribution in [0.2, 0.25) is 0 Å². The summed E-state index contributed by atoms with van der Waals surface area (Å²) in [5.41, 5.74) is -5.53. The van der Waals surface area contributed by atoms with Crippen molar-refractivity contribution >= 4 is 10.1 Å². The normalized spacial score (nSPS) is 12.4. The lowest BCUT2D eigenvalue weighted by Gasteiger charge is -1.97. The summed E-state index contributed by atoms with van der Waals surface area (Å²) in [5.74, 6) is 0. The van der Waals surface area contributed by atoms with Gasteiger partial charge in [-0.1, -0.05) is 0 Å². The molecule has 0 rings (SSSR count). The van der Waals surface area contributed by atoms with Crippen LogP contribution in [0, 0.1) is 0 Å². The first-order valence-corrected chi connectivity index (χ1v) is 2.73. The summed E-state index contributed by atoms with van der Waals surface area (Å²) in [5, 5.41) is 0. The zero-order valence-corrected chi connectivity index (χ0v) is 4.50. The van der Waals surface area contributed by atoms with Crippen molar-refractivity contribution < 1.29 is 30.8 Å². The molecular formula is CHF4O3S-. The van der Waals surface area contributed by atoms with Gasteiger partial charge in [0.1, 0.15) is 0 Å². The lowest BCUT2D eigenvalue weighted by molar-refractivity contribution is -0.0510. The molecule has 8 heteroatoms. The standard InChI is InChI=1S/CHF3O3S.FH/c2-1(3,4)8(5,6)7;/h(H,5,6,7);1H/p-1. The van der Waals surface area contributed by atoms with Crippen LogP contribution in [-0.2, 0) is 10.1 Å². The van der Waals surface area contributed by atoms with E-state index in [0.29, 0.717) is 0 Å². The number of hydrogen-bond acceptors (Lipinski definition) is 2. The highest BCUT2D eigenvalue weighted by Crippen LogP contribution is 2.20. The molecule has 0 aliphatic carbocycles. The Labute approximate surface area is 47.6 Å². The zero-order chi connectivity index (χ0) is 7.00. The van der Waals surface area contributed by atoms with Gasteiger partial charge in [-0.15, -0.1) is 0 Å². The van der Waals surface area contributed by atoms with Crippen LogP contribution in [0.4, 0.5) is 13.2 Å². The van der Waals surface area contributed by atoms with Crippen LogP contribution in [0.3, 0.4) is 0 Å². The summed E-state index contributed by atoms with van der Waals surface area (Å²) in [6.45, 7) is 0. The molecule has 58 valence electrons. The van der Waals surface area contributed by atoms with Crippen molar-refractivity contribution in [3.63, 3.8) is 0 Å². The van der Waals surface area contributed by atoms with E-state index in [9.17, 15) is 13.2 Å². The second-order valence-electron chi connectivity index (χ2n) is 0.921. The summed E-state index contributed by atoms with van der Waals surface area (Å²) in [6, 6.07) is 0. The Morgan fingerprint density at radius 2 is 1.33 bits per heavy atom. The van der Waals surface area contributed by atoms with E-state index in [4.69, 9.17) is 13.0 Å². The molecule has 0 aliphatic heterocycles. The van der Waals surface area contributed by atoms with E-state index in [-0.39, 0.29) is 4.70 Å². The van der Waals surface area contributed by atoms with Gasteiger partial charge in [-0.25, -0.2) is 0 Å². The van der Waals surface area contributed by atoms with Gasteiger partial charge in [0.25, 0.3) is 0 Å². The predicted octanol–water partition coefficient (Wildman–Crippen LogP) is -2.60. The first kappa shape index (κ1) is 11.4. The molecule has 0 saturated carbocycles. The summed E-state index contributed by atoms with van der Waals surface area (Å²) in [4.78, 5) is 0. The van der Waals surface area contributed by atoms with Crippen LogP contribution in [0.25, 0.3) is 0 Å². The van der Waals surface area contributed by atoms with Gasteiger partial charge >= 0.3 is 15.6 Å². The minimum Gasteiger partial charge on any atom is -1.00 e. The van der Waals surface area contributed by atoms with E-state index >= 15 is 0 Å².